The summed E-state index contributed by atoms with van der Waals surface area (Å²) in [4.78, 5) is 0. The highest BCUT2D eigenvalue weighted by Crippen LogP contribution is 2.34. The predicted octanol–water partition coefficient (Wildman–Crippen LogP) is 5.69. The zero-order valence-corrected chi connectivity index (χ0v) is 12.3. The average Bonchev–Trinajstić information content (AvgIpc) is 2.30. The van der Waals surface area contributed by atoms with Crippen LogP contribution in [0.3, 0.4) is 0 Å². The summed E-state index contributed by atoms with van der Waals surface area (Å²) in [5, 5.41) is 0. The van der Waals surface area contributed by atoms with Gasteiger partial charge in [-0.2, -0.15) is 0 Å². The van der Waals surface area contributed by atoms with Gasteiger partial charge in [0.1, 0.15) is 0 Å². The lowest BCUT2D eigenvalue weighted by molar-refractivity contribution is 0.247. The second-order valence-corrected chi connectivity index (χ2v) is 5.30. The third-order valence-corrected chi connectivity index (χ3v) is 3.67. The summed E-state index contributed by atoms with van der Waals surface area (Å²) >= 11 is 0. The van der Waals surface area contributed by atoms with Gasteiger partial charge in [-0.15, -0.1) is 0 Å². The molecule has 0 nitrogen and oxygen atoms in total. The zero-order chi connectivity index (χ0) is 12.6. The summed E-state index contributed by atoms with van der Waals surface area (Å²) in [7, 11) is 0. The Kier molecular flexibility index (Phi) is 8.70. The highest BCUT2D eigenvalue weighted by atomic mass is 14.3. The Hall–Kier alpha value is -0.260. The molecule has 0 heterocycles. The van der Waals surface area contributed by atoms with Crippen molar-refractivity contribution < 1.29 is 0 Å². The molecule has 0 N–H and O–H groups in total. The van der Waals surface area contributed by atoms with Crippen molar-refractivity contribution in [3.63, 3.8) is 0 Å². The molecule has 0 spiro atoms. The van der Waals surface area contributed by atoms with E-state index in [1.165, 1.54) is 25.7 Å². The van der Waals surface area contributed by atoms with Crippen molar-refractivity contribution in [2.45, 2.75) is 67.2 Å². The van der Waals surface area contributed by atoms with Crippen LogP contribution in [0.5, 0.6) is 0 Å². The van der Waals surface area contributed by atoms with E-state index in [1.54, 1.807) is 0 Å². The minimum atomic E-state index is 0.820. The van der Waals surface area contributed by atoms with Gasteiger partial charge in [0.15, 0.2) is 0 Å². The molecule has 0 aromatic heterocycles. The molecule has 1 rings (SSSR count). The Morgan fingerprint density at radius 2 is 1.75 bits per heavy atom. The van der Waals surface area contributed by atoms with Crippen molar-refractivity contribution in [1.29, 1.82) is 0 Å². The lowest BCUT2D eigenvalue weighted by atomic mass is 9.74. The van der Waals surface area contributed by atoms with Gasteiger partial charge in [0.25, 0.3) is 0 Å². The van der Waals surface area contributed by atoms with Crippen molar-refractivity contribution in [2.75, 3.05) is 0 Å². The molecular formula is C16H32. The van der Waals surface area contributed by atoms with Crippen LogP contribution in [-0.2, 0) is 0 Å². The topological polar surface area (TPSA) is 0 Å². The Morgan fingerprint density at radius 3 is 2.12 bits per heavy atom. The lowest BCUT2D eigenvalue weighted by Gasteiger charge is -2.31. The quantitative estimate of drug-likeness (QED) is 0.538. The van der Waals surface area contributed by atoms with E-state index in [0.29, 0.717) is 0 Å². The van der Waals surface area contributed by atoms with Gasteiger partial charge >= 0.3 is 0 Å². The summed E-state index contributed by atoms with van der Waals surface area (Å²) < 4.78 is 0. The van der Waals surface area contributed by atoms with E-state index in [-0.39, 0.29) is 0 Å². The van der Waals surface area contributed by atoms with Crippen LogP contribution in [0.2, 0.25) is 0 Å². The first-order valence-corrected chi connectivity index (χ1v) is 7.33. The summed E-state index contributed by atoms with van der Waals surface area (Å²) in [6.45, 7) is 13.4. The Labute approximate surface area is 104 Å². The molecule has 0 amide bonds. The average molecular weight is 224 g/mol. The smallest absolute Gasteiger partial charge is 0.0202 e. The number of allylic oxidation sites excluding steroid dienone is 2. The summed E-state index contributed by atoms with van der Waals surface area (Å²) in [6.07, 6.45) is 10.5. The van der Waals surface area contributed by atoms with E-state index < -0.39 is 0 Å². The Balaban J connectivity index is 0.00000106. The zero-order valence-electron chi connectivity index (χ0n) is 12.3. The fourth-order valence-electron chi connectivity index (χ4n) is 2.71. The predicted molar refractivity (Wildman–Crippen MR) is 75.6 cm³/mol. The number of hydrogen-bond donors (Lipinski definition) is 0. The van der Waals surface area contributed by atoms with Crippen LogP contribution in [0.25, 0.3) is 0 Å². The largest absolute Gasteiger partial charge is 0.0854 e. The van der Waals surface area contributed by atoms with Crippen molar-refractivity contribution in [3.8, 4) is 0 Å². The molecule has 0 saturated heterocycles. The van der Waals surface area contributed by atoms with E-state index in [0.717, 1.165) is 23.7 Å². The minimum absolute atomic E-state index is 0.820. The van der Waals surface area contributed by atoms with Crippen molar-refractivity contribution in [1.82, 2.24) is 0 Å². The molecule has 0 radical (unpaired) electrons. The molecule has 0 fully saturated rings. The van der Waals surface area contributed by atoms with Gasteiger partial charge in [-0.25, -0.2) is 0 Å². The van der Waals surface area contributed by atoms with Gasteiger partial charge in [-0.05, 0) is 42.9 Å². The van der Waals surface area contributed by atoms with Crippen LogP contribution in [0, 0.1) is 23.7 Å². The molecule has 0 bridgehead atoms. The SMILES string of the molecule is CC.CCCC(C(C)C)C1C=CC(C)CC1. The van der Waals surface area contributed by atoms with Gasteiger partial charge < -0.3 is 0 Å². The van der Waals surface area contributed by atoms with E-state index in [4.69, 9.17) is 0 Å². The third kappa shape index (κ3) is 5.18. The molecular weight excluding hydrogens is 192 g/mol. The molecule has 0 aromatic rings. The maximum Gasteiger partial charge on any atom is -0.0202 e. The first kappa shape index (κ1) is 15.7. The number of rotatable bonds is 4. The third-order valence-electron chi connectivity index (χ3n) is 3.67. The van der Waals surface area contributed by atoms with Crippen LogP contribution >= 0.6 is 0 Å². The van der Waals surface area contributed by atoms with Crippen molar-refractivity contribution >= 4 is 0 Å². The van der Waals surface area contributed by atoms with E-state index >= 15 is 0 Å². The molecule has 96 valence electrons. The van der Waals surface area contributed by atoms with Crippen molar-refractivity contribution in [2.24, 2.45) is 23.7 Å². The fourth-order valence-corrected chi connectivity index (χ4v) is 2.71. The van der Waals surface area contributed by atoms with E-state index in [1.807, 2.05) is 13.8 Å². The van der Waals surface area contributed by atoms with Gasteiger partial charge in [-0.1, -0.05) is 60.1 Å². The van der Waals surface area contributed by atoms with Crippen molar-refractivity contribution in [3.05, 3.63) is 12.2 Å². The van der Waals surface area contributed by atoms with Crippen LogP contribution in [0.15, 0.2) is 12.2 Å². The van der Waals surface area contributed by atoms with Crippen LogP contribution < -0.4 is 0 Å². The molecule has 0 saturated carbocycles. The lowest BCUT2D eigenvalue weighted by Crippen LogP contribution is -2.21. The highest BCUT2D eigenvalue weighted by molar-refractivity contribution is 4.99. The van der Waals surface area contributed by atoms with Gasteiger partial charge in [0.2, 0.25) is 0 Å². The van der Waals surface area contributed by atoms with Gasteiger partial charge in [0, 0.05) is 0 Å². The second kappa shape index (κ2) is 8.84. The Bertz CT molecular complexity index is 178. The monoisotopic (exact) mass is 224 g/mol. The summed E-state index contributed by atoms with van der Waals surface area (Å²) in [6, 6.07) is 0. The molecule has 16 heavy (non-hydrogen) atoms. The maximum absolute atomic E-state index is 2.49. The number of hydrogen-bond acceptors (Lipinski definition) is 0. The molecule has 1 aliphatic rings. The standard InChI is InChI=1S/C14H26.C2H6/c1-5-6-14(11(2)3)13-9-7-12(4)8-10-13;1-2/h7,9,11-14H,5-6,8,10H2,1-4H3;1-2H3. The first-order chi connectivity index (χ1) is 7.65. The van der Waals surface area contributed by atoms with Crippen LogP contribution in [0.1, 0.15) is 67.2 Å². The van der Waals surface area contributed by atoms with Gasteiger partial charge in [-0.3, -0.25) is 0 Å². The van der Waals surface area contributed by atoms with E-state index in [2.05, 4.69) is 39.8 Å². The maximum atomic E-state index is 2.49. The summed E-state index contributed by atoms with van der Waals surface area (Å²) in [5.41, 5.74) is 0. The minimum Gasteiger partial charge on any atom is -0.0854 e. The van der Waals surface area contributed by atoms with Crippen LogP contribution in [-0.4, -0.2) is 0 Å². The molecule has 3 unspecified atom stereocenters. The normalized spacial score (nSPS) is 26.2. The van der Waals surface area contributed by atoms with Gasteiger partial charge in [0.05, 0.1) is 0 Å². The van der Waals surface area contributed by atoms with E-state index in [9.17, 15) is 0 Å². The highest BCUT2D eigenvalue weighted by Gasteiger charge is 2.23. The molecule has 0 aromatic carbocycles. The molecule has 0 heteroatoms. The summed E-state index contributed by atoms with van der Waals surface area (Å²) in [5.74, 6) is 3.45. The van der Waals surface area contributed by atoms with Crippen LogP contribution in [0.4, 0.5) is 0 Å². The Morgan fingerprint density at radius 1 is 1.12 bits per heavy atom. The molecule has 0 aliphatic heterocycles. The first-order valence-electron chi connectivity index (χ1n) is 7.33. The molecule has 1 aliphatic carbocycles. The molecule has 3 atom stereocenters. The second-order valence-electron chi connectivity index (χ2n) is 5.30. The fraction of sp³-hybridized carbons (Fsp3) is 0.875.